The molecule has 8 heteroatoms. The first kappa shape index (κ1) is 16.3. The number of halogens is 1. The van der Waals surface area contributed by atoms with E-state index in [1.807, 2.05) is 30.5 Å². The molecule has 6 nitrogen and oxygen atoms in total. The average Bonchev–Trinajstić information content (AvgIpc) is 3.29. The van der Waals surface area contributed by atoms with Gasteiger partial charge in [0.1, 0.15) is 28.6 Å². The van der Waals surface area contributed by atoms with Gasteiger partial charge in [-0.1, -0.05) is 0 Å². The molecule has 0 saturated carbocycles. The van der Waals surface area contributed by atoms with Crippen molar-refractivity contribution in [2.75, 3.05) is 0 Å². The lowest BCUT2D eigenvalue weighted by atomic mass is 10.2. The third-order valence-corrected chi connectivity index (χ3v) is 4.79. The van der Waals surface area contributed by atoms with E-state index in [1.165, 1.54) is 23.1 Å². The van der Waals surface area contributed by atoms with E-state index in [9.17, 15) is 4.39 Å². The van der Waals surface area contributed by atoms with E-state index in [1.54, 1.807) is 24.3 Å². The molecule has 2 heterocycles. The number of aromatic nitrogens is 5. The highest BCUT2D eigenvalue weighted by Crippen LogP contribution is 2.34. The number of rotatable bonds is 4. The third kappa shape index (κ3) is 3.18. The zero-order valence-corrected chi connectivity index (χ0v) is 14.9. The summed E-state index contributed by atoms with van der Waals surface area (Å²) in [5, 5.41) is 14.3. The van der Waals surface area contributed by atoms with Crippen LogP contribution in [0.3, 0.4) is 0 Å². The summed E-state index contributed by atoms with van der Waals surface area (Å²) in [6.45, 7) is 3.75. The molecule has 4 aromatic rings. The molecule has 130 valence electrons. The largest absolute Gasteiger partial charge is 0.455 e. The molecular formula is C18H14FN5OS. The summed E-state index contributed by atoms with van der Waals surface area (Å²) in [4.78, 5) is 4.52. The Morgan fingerprint density at radius 2 is 1.92 bits per heavy atom. The number of benzene rings is 2. The molecule has 26 heavy (non-hydrogen) atoms. The molecule has 0 atom stereocenters. The predicted molar refractivity (Wildman–Crippen MR) is 96.2 cm³/mol. The van der Waals surface area contributed by atoms with Gasteiger partial charge in [0.2, 0.25) is 0 Å². The Morgan fingerprint density at radius 3 is 2.62 bits per heavy atom. The monoisotopic (exact) mass is 367 g/mol. The summed E-state index contributed by atoms with van der Waals surface area (Å²) < 4.78 is 20.9. The topological polar surface area (TPSA) is 65.7 Å². The van der Waals surface area contributed by atoms with Crippen molar-refractivity contribution in [2.45, 2.75) is 13.8 Å². The summed E-state index contributed by atoms with van der Waals surface area (Å²) in [6.07, 6.45) is 1.50. The maximum absolute atomic E-state index is 13.3. The van der Waals surface area contributed by atoms with Gasteiger partial charge in [-0.2, -0.15) is 4.68 Å². The van der Waals surface area contributed by atoms with Crippen LogP contribution in [-0.4, -0.2) is 25.2 Å². The van der Waals surface area contributed by atoms with Crippen molar-refractivity contribution in [2.24, 2.45) is 0 Å². The van der Waals surface area contributed by atoms with Gasteiger partial charge in [0.05, 0.1) is 0 Å². The Kier molecular flexibility index (Phi) is 4.18. The molecule has 0 aliphatic rings. The van der Waals surface area contributed by atoms with Gasteiger partial charge in [-0.3, -0.25) is 0 Å². The second-order valence-corrected chi connectivity index (χ2v) is 6.60. The van der Waals surface area contributed by atoms with E-state index >= 15 is 0 Å². The second kappa shape index (κ2) is 6.64. The van der Waals surface area contributed by atoms with Crippen LogP contribution in [0.1, 0.15) is 11.3 Å². The first-order valence-corrected chi connectivity index (χ1v) is 8.72. The molecule has 0 aliphatic carbocycles. The van der Waals surface area contributed by atoms with Gasteiger partial charge in [0, 0.05) is 16.6 Å². The number of tetrazole rings is 1. The lowest BCUT2D eigenvalue weighted by molar-refractivity contribution is 0.472. The van der Waals surface area contributed by atoms with Crippen molar-refractivity contribution in [3.8, 4) is 27.8 Å². The predicted octanol–water partition coefficient (Wildman–Crippen LogP) is 4.33. The fourth-order valence-corrected chi connectivity index (χ4v) is 3.31. The normalized spacial score (nSPS) is 10.9. The molecule has 2 aromatic heterocycles. The molecule has 0 amide bonds. The highest BCUT2D eigenvalue weighted by Gasteiger charge is 2.13. The van der Waals surface area contributed by atoms with E-state index < -0.39 is 0 Å². The zero-order chi connectivity index (χ0) is 18.1. The third-order valence-electron chi connectivity index (χ3n) is 3.78. The number of thiazole rings is 1. The summed E-state index contributed by atoms with van der Waals surface area (Å²) >= 11 is 1.57. The van der Waals surface area contributed by atoms with E-state index in [2.05, 4.69) is 20.5 Å². The first-order chi connectivity index (χ1) is 12.6. The number of nitrogens with zero attached hydrogens (tertiary/aromatic N) is 5. The van der Waals surface area contributed by atoms with E-state index in [0.29, 0.717) is 22.7 Å². The van der Waals surface area contributed by atoms with Crippen molar-refractivity contribution >= 4 is 11.3 Å². The average molecular weight is 367 g/mol. The molecule has 2 aromatic carbocycles. The smallest absolute Gasteiger partial charge is 0.153 e. The van der Waals surface area contributed by atoms with Gasteiger partial charge >= 0.3 is 0 Å². The van der Waals surface area contributed by atoms with E-state index in [4.69, 9.17) is 4.74 Å². The molecular weight excluding hydrogens is 353 g/mol. The van der Waals surface area contributed by atoms with Crippen LogP contribution in [0.2, 0.25) is 0 Å². The highest BCUT2D eigenvalue weighted by atomic mass is 32.1. The van der Waals surface area contributed by atoms with Crippen LogP contribution in [0.4, 0.5) is 4.39 Å². The lowest BCUT2D eigenvalue weighted by Crippen LogP contribution is -2.00. The molecule has 0 fully saturated rings. The summed E-state index contributed by atoms with van der Waals surface area (Å²) in [5.41, 5.74) is 3.28. The van der Waals surface area contributed by atoms with E-state index in [-0.39, 0.29) is 5.82 Å². The molecule has 0 radical (unpaired) electrons. The van der Waals surface area contributed by atoms with Gasteiger partial charge < -0.3 is 4.74 Å². The van der Waals surface area contributed by atoms with Crippen LogP contribution in [0.15, 0.2) is 48.1 Å². The first-order valence-electron chi connectivity index (χ1n) is 7.84. The van der Waals surface area contributed by atoms with Crippen molar-refractivity contribution < 1.29 is 9.13 Å². The molecule has 0 saturated heterocycles. The Hall–Kier alpha value is -3.13. The molecule has 0 bridgehead atoms. The fraction of sp³-hybridized carbons (Fsp3) is 0.111. The van der Waals surface area contributed by atoms with Crippen molar-refractivity contribution in [3.05, 3.63) is 65.2 Å². The number of hydrogen-bond donors (Lipinski definition) is 0. The Morgan fingerprint density at radius 1 is 1.08 bits per heavy atom. The van der Waals surface area contributed by atoms with Crippen LogP contribution < -0.4 is 4.74 Å². The van der Waals surface area contributed by atoms with Gasteiger partial charge in [-0.25, -0.2) is 9.37 Å². The highest BCUT2D eigenvalue weighted by molar-refractivity contribution is 7.13. The summed E-state index contributed by atoms with van der Waals surface area (Å²) in [7, 11) is 0. The molecule has 4 rings (SSSR count). The molecule has 0 spiro atoms. The number of aryl methyl sites for hydroxylation is 2. The summed E-state index contributed by atoms with van der Waals surface area (Å²) in [6, 6.07) is 10.1. The minimum atomic E-state index is -0.301. The van der Waals surface area contributed by atoms with Gasteiger partial charge in [-0.15, -0.1) is 16.4 Å². The zero-order valence-electron chi connectivity index (χ0n) is 14.0. The van der Waals surface area contributed by atoms with Gasteiger partial charge in [0.15, 0.2) is 5.75 Å². The fourth-order valence-electron chi connectivity index (χ4n) is 2.52. The van der Waals surface area contributed by atoms with Gasteiger partial charge in [0.25, 0.3) is 0 Å². The van der Waals surface area contributed by atoms with Crippen LogP contribution >= 0.6 is 11.3 Å². The van der Waals surface area contributed by atoms with Crippen LogP contribution in [0, 0.1) is 19.7 Å². The minimum absolute atomic E-state index is 0.301. The van der Waals surface area contributed by atoms with Crippen molar-refractivity contribution in [1.82, 2.24) is 25.2 Å². The van der Waals surface area contributed by atoms with E-state index in [0.717, 1.165) is 16.3 Å². The lowest BCUT2D eigenvalue weighted by Gasteiger charge is -2.13. The van der Waals surface area contributed by atoms with Crippen molar-refractivity contribution in [3.63, 3.8) is 0 Å². The van der Waals surface area contributed by atoms with Crippen LogP contribution in [0.5, 0.6) is 11.5 Å². The molecule has 0 aliphatic heterocycles. The van der Waals surface area contributed by atoms with Crippen LogP contribution in [0.25, 0.3) is 16.3 Å². The summed E-state index contributed by atoms with van der Waals surface area (Å²) in [5.74, 6) is 0.827. The minimum Gasteiger partial charge on any atom is -0.455 e. The molecule has 0 N–H and O–H groups in total. The number of hydrogen-bond acceptors (Lipinski definition) is 6. The van der Waals surface area contributed by atoms with Crippen molar-refractivity contribution in [1.29, 1.82) is 0 Å². The Balaban J connectivity index is 1.78. The molecule has 0 unspecified atom stereocenters. The standard InChI is InChI=1S/C18H14FN5OS/c1-11-7-14(19)4-6-16(11)25-17-5-3-13(18-21-12(2)9-26-18)8-15(17)24-10-20-22-23-24/h3-10H,1-2H3. The van der Waals surface area contributed by atoms with Crippen LogP contribution in [-0.2, 0) is 0 Å². The maximum atomic E-state index is 13.3. The Labute approximate surface area is 152 Å². The maximum Gasteiger partial charge on any atom is 0.153 e. The number of ether oxygens (including phenoxy) is 1. The van der Waals surface area contributed by atoms with Gasteiger partial charge in [-0.05, 0) is 66.2 Å². The Bertz CT molecular complexity index is 1060. The quantitative estimate of drug-likeness (QED) is 0.537. The SMILES string of the molecule is Cc1csc(-c2ccc(Oc3ccc(F)cc3C)c(-n3cnnn3)c2)n1. The second-order valence-electron chi connectivity index (χ2n) is 5.74.